The van der Waals surface area contributed by atoms with Crippen molar-refractivity contribution in [3.05, 3.63) is 29.8 Å². The maximum Gasteiger partial charge on any atom is 0.315 e. The molecule has 1 fully saturated rings. The molecule has 1 aromatic carbocycles. The Morgan fingerprint density at radius 2 is 1.88 bits per heavy atom. The van der Waals surface area contributed by atoms with Crippen molar-refractivity contribution in [1.82, 2.24) is 10.6 Å². The number of nitrogens with one attached hydrogen (secondary N) is 2. The minimum absolute atomic E-state index is 0.0726. The van der Waals surface area contributed by atoms with Gasteiger partial charge in [-0.05, 0) is 37.3 Å². The molecule has 2 rings (SSSR count). The summed E-state index contributed by atoms with van der Waals surface area (Å²) in [6.45, 7) is 7.11. The van der Waals surface area contributed by atoms with Crippen LogP contribution in [0, 0.1) is 0 Å². The molecule has 0 saturated carbocycles. The van der Waals surface area contributed by atoms with Gasteiger partial charge < -0.3 is 15.1 Å². The average molecular weight is 250 g/mol. The predicted molar refractivity (Wildman–Crippen MR) is 69.7 cm³/mol. The summed E-state index contributed by atoms with van der Waals surface area (Å²) in [5, 5.41) is 5.60. The largest absolute Gasteiger partial charge is 0.544 e. The van der Waals surface area contributed by atoms with Crippen LogP contribution >= 0.6 is 0 Å². The fraction of sp³-hybridized carbons (Fsp3) is 0.417. The molecule has 1 aliphatic rings. The highest BCUT2D eigenvalue weighted by atomic mass is 28.4. The van der Waals surface area contributed by atoms with E-state index in [2.05, 4.69) is 30.3 Å². The lowest BCUT2D eigenvalue weighted by Crippen LogP contribution is -2.29. The number of benzene rings is 1. The summed E-state index contributed by atoms with van der Waals surface area (Å²) < 4.78 is 5.88. The molecular weight excluding hydrogens is 232 g/mol. The molecule has 0 radical (unpaired) electrons. The first kappa shape index (κ1) is 12.0. The standard InChI is InChI=1S/C12H18N2O2Si/c1-17(2,3)16-10-6-4-9(5-7-10)11-8-13-12(15)14-11/h4-7,11H,8H2,1-3H3,(H2,13,14,15)/t11-/m0/s1. The Morgan fingerprint density at radius 3 is 2.35 bits per heavy atom. The normalized spacial score (nSPS) is 19.7. The number of amides is 2. The van der Waals surface area contributed by atoms with Gasteiger partial charge >= 0.3 is 6.03 Å². The quantitative estimate of drug-likeness (QED) is 0.808. The van der Waals surface area contributed by atoms with Crippen molar-refractivity contribution in [1.29, 1.82) is 0 Å². The number of urea groups is 1. The van der Waals surface area contributed by atoms with Gasteiger partial charge in [-0.3, -0.25) is 0 Å². The van der Waals surface area contributed by atoms with Gasteiger partial charge in [0, 0.05) is 6.54 Å². The second-order valence-corrected chi connectivity index (χ2v) is 9.62. The highest BCUT2D eigenvalue weighted by Gasteiger charge is 2.21. The van der Waals surface area contributed by atoms with Crippen LogP contribution in [-0.4, -0.2) is 20.9 Å². The monoisotopic (exact) mass is 250 g/mol. The minimum atomic E-state index is -1.54. The first-order chi connectivity index (χ1) is 7.94. The van der Waals surface area contributed by atoms with Crippen LogP contribution in [0.3, 0.4) is 0 Å². The fourth-order valence-corrected chi connectivity index (χ4v) is 2.62. The van der Waals surface area contributed by atoms with Crippen molar-refractivity contribution in [2.75, 3.05) is 6.54 Å². The highest BCUT2D eigenvalue weighted by Crippen LogP contribution is 2.21. The Kier molecular flexibility index (Phi) is 3.10. The van der Waals surface area contributed by atoms with Crippen LogP contribution in [0.5, 0.6) is 5.75 Å². The van der Waals surface area contributed by atoms with Crippen molar-refractivity contribution in [2.24, 2.45) is 0 Å². The van der Waals surface area contributed by atoms with Crippen LogP contribution in [0.1, 0.15) is 11.6 Å². The van der Waals surface area contributed by atoms with E-state index in [0.717, 1.165) is 11.3 Å². The Labute approximate surface area is 102 Å². The number of carbonyl (C=O) groups is 1. The summed E-state index contributed by atoms with van der Waals surface area (Å²) in [6.07, 6.45) is 0. The first-order valence-electron chi connectivity index (χ1n) is 5.77. The predicted octanol–water partition coefficient (Wildman–Crippen LogP) is 2.25. The molecule has 1 heterocycles. The number of rotatable bonds is 3. The second kappa shape index (κ2) is 4.41. The van der Waals surface area contributed by atoms with Gasteiger partial charge in [-0.25, -0.2) is 4.79 Å². The summed E-state index contributed by atoms with van der Waals surface area (Å²) in [5.41, 5.74) is 1.10. The molecule has 4 nitrogen and oxygen atoms in total. The maximum atomic E-state index is 11.0. The number of carbonyl (C=O) groups excluding carboxylic acids is 1. The molecule has 92 valence electrons. The first-order valence-corrected chi connectivity index (χ1v) is 9.18. The van der Waals surface area contributed by atoms with Gasteiger partial charge in [0.15, 0.2) is 0 Å². The van der Waals surface area contributed by atoms with Gasteiger partial charge in [-0.15, -0.1) is 0 Å². The van der Waals surface area contributed by atoms with Crippen LogP contribution in [-0.2, 0) is 0 Å². The van der Waals surface area contributed by atoms with Crippen LogP contribution in [0.15, 0.2) is 24.3 Å². The van der Waals surface area contributed by atoms with Crippen molar-refractivity contribution < 1.29 is 9.22 Å². The molecule has 17 heavy (non-hydrogen) atoms. The van der Waals surface area contributed by atoms with Crippen molar-refractivity contribution in [2.45, 2.75) is 25.7 Å². The molecule has 0 spiro atoms. The van der Waals surface area contributed by atoms with Gasteiger partial charge in [-0.1, -0.05) is 12.1 Å². The van der Waals surface area contributed by atoms with E-state index in [1.165, 1.54) is 0 Å². The van der Waals surface area contributed by atoms with Gasteiger partial charge in [0.25, 0.3) is 0 Å². The highest BCUT2D eigenvalue weighted by molar-refractivity contribution is 6.70. The molecule has 0 aromatic heterocycles. The molecule has 1 atom stereocenters. The van der Waals surface area contributed by atoms with Crippen LogP contribution in [0.2, 0.25) is 19.6 Å². The van der Waals surface area contributed by atoms with Gasteiger partial charge in [0.1, 0.15) is 5.75 Å². The molecule has 2 amide bonds. The van der Waals surface area contributed by atoms with E-state index in [0.29, 0.717) is 6.54 Å². The summed E-state index contributed by atoms with van der Waals surface area (Å²) in [7, 11) is -1.54. The van der Waals surface area contributed by atoms with Crippen LogP contribution in [0.4, 0.5) is 4.79 Å². The molecule has 1 aromatic rings. The smallest absolute Gasteiger partial charge is 0.315 e. The van der Waals surface area contributed by atoms with E-state index >= 15 is 0 Å². The molecule has 0 aliphatic carbocycles. The van der Waals surface area contributed by atoms with Crippen LogP contribution < -0.4 is 15.1 Å². The Balaban J connectivity index is 2.05. The zero-order chi connectivity index (χ0) is 12.5. The summed E-state index contributed by atoms with van der Waals surface area (Å²) in [6, 6.07) is 7.93. The lowest BCUT2D eigenvalue weighted by atomic mass is 10.1. The molecule has 1 saturated heterocycles. The average Bonchev–Trinajstić information content (AvgIpc) is 2.63. The van der Waals surface area contributed by atoms with E-state index in [1.807, 2.05) is 24.3 Å². The SMILES string of the molecule is C[Si](C)(C)Oc1ccc([C@@H]2CNC(=O)N2)cc1. The maximum absolute atomic E-state index is 11.0. The lowest BCUT2D eigenvalue weighted by molar-refractivity contribution is 0.247. The van der Waals surface area contributed by atoms with Crippen molar-refractivity contribution in [3.8, 4) is 5.75 Å². The van der Waals surface area contributed by atoms with Crippen LogP contribution in [0.25, 0.3) is 0 Å². The number of hydrogen-bond donors (Lipinski definition) is 2. The van der Waals surface area contributed by atoms with E-state index in [-0.39, 0.29) is 12.1 Å². The van der Waals surface area contributed by atoms with Gasteiger partial charge in [-0.2, -0.15) is 0 Å². The van der Waals surface area contributed by atoms with E-state index < -0.39 is 8.32 Å². The Hall–Kier alpha value is -1.49. The topological polar surface area (TPSA) is 50.4 Å². The Morgan fingerprint density at radius 1 is 1.24 bits per heavy atom. The summed E-state index contributed by atoms with van der Waals surface area (Å²) in [4.78, 5) is 11.0. The molecule has 2 N–H and O–H groups in total. The van der Waals surface area contributed by atoms with Crippen molar-refractivity contribution >= 4 is 14.3 Å². The van der Waals surface area contributed by atoms with E-state index in [9.17, 15) is 4.79 Å². The zero-order valence-electron chi connectivity index (χ0n) is 10.4. The molecule has 0 bridgehead atoms. The summed E-state index contributed by atoms with van der Waals surface area (Å²) >= 11 is 0. The lowest BCUT2D eigenvalue weighted by Gasteiger charge is -2.19. The van der Waals surface area contributed by atoms with Crippen molar-refractivity contribution in [3.63, 3.8) is 0 Å². The van der Waals surface area contributed by atoms with E-state index in [1.54, 1.807) is 0 Å². The second-order valence-electron chi connectivity index (χ2n) is 5.19. The third kappa shape index (κ3) is 3.23. The minimum Gasteiger partial charge on any atom is -0.544 e. The molecular formula is C12H18N2O2Si. The molecule has 5 heteroatoms. The Bertz CT molecular complexity index is 412. The zero-order valence-corrected chi connectivity index (χ0v) is 11.4. The molecule has 0 unspecified atom stereocenters. The fourth-order valence-electron chi connectivity index (χ4n) is 1.78. The van der Waals surface area contributed by atoms with Gasteiger partial charge in [0.2, 0.25) is 8.32 Å². The van der Waals surface area contributed by atoms with Gasteiger partial charge in [0.05, 0.1) is 6.04 Å². The third-order valence-electron chi connectivity index (χ3n) is 2.48. The number of hydrogen-bond acceptors (Lipinski definition) is 2. The third-order valence-corrected chi connectivity index (χ3v) is 3.33. The van der Waals surface area contributed by atoms with E-state index in [4.69, 9.17) is 4.43 Å². The molecule has 1 aliphatic heterocycles. The summed E-state index contributed by atoms with van der Waals surface area (Å²) in [5.74, 6) is 0.908.